The lowest BCUT2D eigenvalue weighted by Crippen LogP contribution is -2.27. The summed E-state index contributed by atoms with van der Waals surface area (Å²) in [6.07, 6.45) is 3.27. The molecule has 0 fully saturated rings. The number of hydrogen-bond donors (Lipinski definition) is 1. The van der Waals surface area contributed by atoms with Gasteiger partial charge in [0.05, 0.1) is 24.2 Å². The molecule has 10 nitrogen and oxygen atoms in total. The summed E-state index contributed by atoms with van der Waals surface area (Å²) in [6.45, 7) is 1.03. The standard InChI is InChI=1S/C17H17BrN6O4/c18-6-5-15(25)19-7-8-23-16-14(9-21-23)17(26)22(11-20-16)10-12-1-3-13(4-2-12)24(27)28/h1-4,9,11H,5-8,10H2,(H,19,25). The third kappa shape index (κ3) is 4.42. The van der Waals surface area contributed by atoms with E-state index in [9.17, 15) is 19.7 Å². The van der Waals surface area contributed by atoms with Crippen molar-refractivity contribution in [2.24, 2.45) is 0 Å². The van der Waals surface area contributed by atoms with Crippen molar-refractivity contribution in [3.05, 3.63) is 62.8 Å². The Balaban J connectivity index is 1.74. The van der Waals surface area contributed by atoms with Crippen LogP contribution in [0.1, 0.15) is 12.0 Å². The zero-order valence-corrected chi connectivity index (χ0v) is 16.3. The summed E-state index contributed by atoms with van der Waals surface area (Å²) in [6, 6.07) is 6.00. The smallest absolute Gasteiger partial charge is 0.269 e. The lowest BCUT2D eigenvalue weighted by molar-refractivity contribution is -0.384. The quantitative estimate of drug-likeness (QED) is 0.315. The number of alkyl halides is 1. The number of nitrogens with one attached hydrogen (secondary N) is 1. The predicted molar refractivity (Wildman–Crippen MR) is 105 cm³/mol. The highest BCUT2D eigenvalue weighted by molar-refractivity contribution is 9.09. The Morgan fingerprint density at radius 1 is 1.29 bits per heavy atom. The first-order valence-electron chi connectivity index (χ1n) is 8.46. The van der Waals surface area contributed by atoms with Crippen LogP contribution in [0.2, 0.25) is 0 Å². The molecule has 28 heavy (non-hydrogen) atoms. The zero-order chi connectivity index (χ0) is 20.1. The van der Waals surface area contributed by atoms with Crippen molar-refractivity contribution < 1.29 is 9.72 Å². The van der Waals surface area contributed by atoms with Crippen LogP contribution in [-0.2, 0) is 17.9 Å². The van der Waals surface area contributed by atoms with Crippen LogP contribution in [0, 0.1) is 10.1 Å². The van der Waals surface area contributed by atoms with Gasteiger partial charge in [0, 0.05) is 30.4 Å². The minimum Gasteiger partial charge on any atom is -0.354 e. The molecule has 0 radical (unpaired) electrons. The zero-order valence-electron chi connectivity index (χ0n) is 14.7. The number of nitro groups is 1. The van der Waals surface area contributed by atoms with Crippen LogP contribution in [0.4, 0.5) is 5.69 Å². The largest absolute Gasteiger partial charge is 0.354 e. The maximum absolute atomic E-state index is 12.7. The fourth-order valence-electron chi connectivity index (χ4n) is 2.67. The van der Waals surface area contributed by atoms with Gasteiger partial charge >= 0.3 is 0 Å². The van der Waals surface area contributed by atoms with Crippen LogP contribution >= 0.6 is 15.9 Å². The molecule has 1 N–H and O–H groups in total. The number of benzene rings is 1. The van der Waals surface area contributed by atoms with Gasteiger partial charge in [-0.1, -0.05) is 28.1 Å². The van der Waals surface area contributed by atoms with Crippen LogP contribution in [0.3, 0.4) is 0 Å². The maximum Gasteiger partial charge on any atom is 0.269 e. The lowest BCUT2D eigenvalue weighted by Gasteiger charge is -2.07. The number of carbonyl (C=O) groups is 1. The van der Waals surface area contributed by atoms with E-state index >= 15 is 0 Å². The Kier molecular flexibility index (Phi) is 6.14. The molecule has 0 unspecified atom stereocenters. The van der Waals surface area contributed by atoms with Crippen molar-refractivity contribution in [3.63, 3.8) is 0 Å². The van der Waals surface area contributed by atoms with E-state index in [0.717, 1.165) is 5.56 Å². The summed E-state index contributed by atoms with van der Waals surface area (Å²) in [5.41, 5.74) is 0.933. The van der Waals surface area contributed by atoms with E-state index < -0.39 is 4.92 Å². The second kappa shape index (κ2) is 8.74. The molecule has 0 bridgehead atoms. The van der Waals surface area contributed by atoms with E-state index in [1.807, 2.05) is 0 Å². The van der Waals surface area contributed by atoms with E-state index in [1.165, 1.54) is 29.2 Å². The third-order valence-electron chi connectivity index (χ3n) is 4.09. The summed E-state index contributed by atoms with van der Waals surface area (Å²) in [4.78, 5) is 38.7. The second-order valence-electron chi connectivity index (χ2n) is 6.00. The minimum absolute atomic E-state index is 0.00539. The van der Waals surface area contributed by atoms with Gasteiger partial charge in [-0.05, 0) is 5.56 Å². The predicted octanol–water partition coefficient (Wildman–Crippen LogP) is 1.45. The first-order valence-corrected chi connectivity index (χ1v) is 9.58. The molecule has 0 saturated heterocycles. The Bertz CT molecular complexity index is 1060. The van der Waals surface area contributed by atoms with E-state index in [1.54, 1.807) is 16.8 Å². The summed E-state index contributed by atoms with van der Waals surface area (Å²) >= 11 is 3.21. The van der Waals surface area contributed by atoms with Crippen LogP contribution in [-0.4, -0.2) is 42.0 Å². The van der Waals surface area contributed by atoms with Crippen molar-refractivity contribution >= 4 is 38.6 Å². The molecule has 1 amide bonds. The van der Waals surface area contributed by atoms with Crippen LogP contribution in [0.15, 0.2) is 41.6 Å². The van der Waals surface area contributed by atoms with Gasteiger partial charge in [0.1, 0.15) is 11.7 Å². The highest BCUT2D eigenvalue weighted by Crippen LogP contribution is 2.13. The molecule has 11 heteroatoms. The topological polar surface area (TPSA) is 125 Å². The maximum atomic E-state index is 12.7. The number of aromatic nitrogens is 4. The molecule has 0 saturated carbocycles. The number of halogens is 1. The number of non-ortho nitro benzene ring substituents is 1. The van der Waals surface area contributed by atoms with Crippen molar-refractivity contribution in [1.82, 2.24) is 24.6 Å². The summed E-state index contributed by atoms with van der Waals surface area (Å²) < 4.78 is 2.99. The number of rotatable bonds is 8. The number of nitrogens with zero attached hydrogens (tertiary/aromatic N) is 5. The molecular formula is C17H17BrN6O4. The van der Waals surface area contributed by atoms with Crippen LogP contribution in [0.25, 0.3) is 11.0 Å². The second-order valence-corrected chi connectivity index (χ2v) is 6.79. The van der Waals surface area contributed by atoms with Gasteiger partial charge in [-0.2, -0.15) is 5.10 Å². The SMILES string of the molecule is O=C(CCBr)NCCn1ncc2c(=O)n(Cc3ccc([N+](=O)[O-])cc3)cnc21. The number of hydrogen-bond acceptors (Lipinski definition) is 6. The monoisotopic (exact) mass is 448 g/mol. The van der Waals surface area contributed by atoms with Gasteiger partial charge in [-0.25, -0.2) is 9.67 Å². The molecule has 146 valence electrons. The average Bonchev–Trinajstić information content (AvgIpc) is 3.08. The summed E-state index contributed by atoms with van der Waals surface area (Å²) in [5, 5.41) is 18.6. The lowest BCUT2D eigenvalue weighted by atomic mass is 10.2. The summed E-state index contributed by atoms with van der Waals surface area (Å²) in [5.74, 6) is -0.0632. The van der Waals surface area contributed by atoms with Crippen molar-refractivity contribution in [2.45, 2.75) is 19.5 Å². The van der Waals surface area contributed by atoms with Gasteiger partial charge in [0.25, 0.3) is 11.2 Å². The molecule has 0 aliphatic heterocycles. The van der Waals surface area contributed by atoms with Gasteiger partial charge in [-0.15, -0.1) is 0 Å². The van der Waals surface area contributed by atoms with E-state index in [2.05, 4.69) is 31.3 Å². The molecule has 2 aromatic heterocycles. The molecular weight excluding hydrogens is 432 g/mol. The van der Waals surface area contributed by atoms with Crippen LogP contribution < -0.4 is 10.9 Å². The number of amides is 1. The highest BCUT2D eigenvalue weighted by Gasteiger charge is 2.11. The molecule has 0 aliphatic rings. The van der Waals surface area contributed by atoms with Crippen molar-refractivity contribution in [2.75, 3.05) is 11.9 Å². The van der Waals surface area contributed by atoms with E-state index in [4.69, 9.17) is 0 Å². The molecule has 0 aliphatic carbocycles. The number of nitro benzene ring substituents is 1. The minimum atomic E-state index is -0.472. The van der Waals surface area contributed by atoms with Gasteiger partial charge < -0.3 is 5.32 Å². The first kappa shape index (κ1) is 19.7. The fourth-order valence-corrected chi connectivity index (χ4v) is 3.03. The van der Waals surface area contributed by atoms with Crippen molar-refractivity contribution in [3.8, 4) is 0 Å². The first-order chi connectivity index (χ1) is 13.5. The molecule has 1 aromatic carbocycles. The Labute approximate surface area is 167 Å². The van der Waals surface area contributed by atoms with E-state index in [0.29, 0.717) is 35.9 Å². The molecule has 2 heterocycles. The number of carbonyl (C=O) groups excluding carboxylic acids is 1. The molecule has 0 spiro atoms. The fraction of sp³-hybridized carbons (Fsp3) is 0.294. The number of fused-ring (bicyclic) bond motifs is 1. The third-order valence-corrected chi connectivity index (χ3v) is 4.49. The molecule has 0 atom stereocenters. The van der Waals surface area contributed by atoms with Gasteiger partial charge in [-0.3, -0.25) is 24.3 Å². The Hall–Kier alpha value is -3.08. The molecule has 3 aromatic rings. The van der Waals surface area contributed by atoms with Gasteiger partial charge in [0.2, 0.25) is 5.91 Å². The van der Waals surface area contributed by atoms with Crippen molar-refractivity contribution in [1.29, 1.82) is 0 Å². The normalized spacial score (nSPS) is 10.9. The average molecular weight is 449 g/mol. The summed E-state index contributed by atoms with van der Waals surface area (Å²) in [7, 11) is 0. The van der Waals surface area contributed by atoms with E-state index in [-0.39, 0.29) is 23.7 Å². The molecule has 3 rings (SSSR count). The Morgan fingerprint density at radius 2 is 2.04 bits per heavy atom. The Morgan fingerprint density at radius 3 is 2.71 bits per heavy atom. The highest BCUT2D eigenvalue weighted by atomic mass is 79.9. The van der Waals surface area contributed by atoms with Crippen LogP contribution in [0.5, 0.6) is 0 Å². The van der Waals surface area contributed by atoms with Gasteiger partial charge in [0.15, 0.2) is 5.65 Å².